The van der Waals surface area contributed by atoms with Gasteiger partial charge in [-0.05, 0) is 12.1 Å². The molecule has 3 rings (SSSR count). The lowest BCUT2D eigenvalue weighted by Crippen LogP contribution is -2.36. The average molecular weight is 398 g/mol. The van der Waals surface area contributed by atoms with E-state index in [1.54, 1.807) is 25.2 Å². The second-order valence-corrected chi connectivity index (χ2v) is 6.01. The van der Waals surface area contributed by atoms with E-state index in [1.807, 2.05) is 0 Å². The second kappa shape index (κ2) is 6.68. The van der Waals surface area contributed by atoms with E-state index in [0.29, 0.717) is 23.7 Å². The van der Waals surface area contributed by atoms with Gasteiger partial charge < -0.3 is 19.7 Å². The molecule has 1 aromatic rings. The number of nitrogens with one attached hydrogen (secondary N) is 1. The van der Waals surface area contributed by atoms with Crippen molar-refractivity contribution in [2.24, 2.45) is 0 Å². The summed E-state index contributed by atoms with van der Waals surface area (Å²) in [6, 6.07) is 5.17. The Bertz CT molecular complexity index is 696. The average Bonchev–Trinajstić information content (AvgIpc) is 2.96. The summed E-state index contributed by atoms with van der Waals surface area (Å²) >= 11 is 3.06. The first-order valence-corrected chi connectivity index (χ1v) is 8.46. The molecule has 0 aromatic heterocycles. The van der Waals surface area contributed by atoms with Crippen molar-refractivity contribution in [1.29, 1.82) is 0 Å². The number of rotatable bonds is 4. The number of hydrogen-bond donors (Lipinski definition) is 1. The maximum atomic E-state index is 12.1. The minimum absolute atomic E-state index is 0.0292. The second-order valence-electron chi connectivity index (χ2n) is 5.45. The number of alkyl halides is 1. The van der Waals surface area contributed by atoms with Crippen LogP contribution in [0.3, 0.4) is 0 Å². The highest BCUT2D eigenvalue weighted by molar-refractivity contribution is 9.09. The van der Waals surface area contributed by atoms with E-state index in [2.05, 4.69) is 21.2 Å². The lowest BCUT2D eigenvalue weighted by atomic mass is 10.2. The zero-order valence-electron chi connectivity index (χ0n) is 13.0. The first-order valence-electron chi connectivity index (χ1n) is 7.34. The molecule has 8 nitrogen and oxygen atoms in total. The number of halogens is 1. The summed E-state index contributed by atoms with van der Waals surface area (Å²) in [5.41, 5.74) is 1.28. The Labute approximate surface area is 146 Å². The molecule has 1 atom stereocenters. The van der Waals surface area contributed by atoms with Crippen molar-refractivity contribution in [3.05, 3.63) is 18.2 Å². The van der Waals surface area contributed by atoms with Crippen molar-refractivity contribution in [1.82, 2.24) is 5.32 Å². The molecule has 24 heavy (non-hydrogen) atoms. The lowest BCUT2D eigenvalue weighted by Gasteiger charge is -2.27. The quantitative estimate of drug-likeness (QED) is 0.761. The summed E-state index contributed by atoms with van der Waals surface area (Å²) in [5, 5.41) is 2.87. The number of cyclic esters (lactones) is 1. The smallest absolute Gasteiger partial charge is 0.414 e. The maximum Gasteiger partial charge on any atom is 0.414 e. The predicted molar refractivity (Wildman–Crippen MR) is 89.8 cm³/mol. The van der Waals surface area contributed by atoms with E-state index < -0.39 is 12.2 Å². The largest absolute Gasteiger partial charge is 0.481 e. The van der Waals surface area contributed by atoms with Gasteiger partial charge >= 0.3 is 6.09 Å². The number of carbonyl (C=O) groups excluding carboxylic acids is 3. The van der Waals surface area contributed by atoms with Crippen LogP contribution >= 0.6 is 15.9 Å². The fourth-order valence-corrected chi connectivity index (χ4v) is 2.75. The van der Waals surface area contributed by atoms with Gasteiger partial charge in [-0.15, -0.1) is 0 Å². The summed E-state index contributed by atoms with van der Waals surface area (Å²) in [5.74, 6) is 0.247. The van der Waals surface area contributed by atoms with Crippen LogP contribution in [0.15, 0.2) is 18.2 Å². The van der Waals surface area contributed by atoms with Gasteiger partial charge in [-0.2, -0.15) is 0 Å². The van der Waals surface area contributed by atoms with E-state index in [4.69, 9.17) is 9.47 Å². The van der Waals surface area contributed by atoms with Gasteiger partial charge in [0.1, 0.15) is 11.9 Å². The molecule has 2 aliphatic heterocycles. The Morgan fingerprint density at radius 1 is 1.42 bits per heavy atom. The molecule has 1 aromatic carbocycles. The van der Waals surface area contributed by atoms with Crippen LogP contribution in [0.2, 0.25) is 0 Å². The first kappa shape index (κ1) is 16.6. The minimum atomic E-state index is -0.478. The third kappa shape index (κ3) is 3.16. The Balaban J connectivity index is 1.72. The molecule has 2 heterocycles. The maximum absolute atomic E-state index is 12.1. The number of anilines is 2. The normalized spacial score (nSPS) is 19.7. The van der Waals surface area contributed by atoms with Crippen molar-refractivity contribution in [2.45, 2.75) is 6.10 Å². The van der Waals surface area contributed by atoms with Gasteiger partial charge in [0.15, 0.2) is 6.61 Å². The summed E-state index contributed by atoms with van der Waals surface area (Å²) in [7, 11) is 1.68. The fourth-order valence-electron chi connectivity index (χ4n) is 2.55. The number of likely N-dealkylation sites (N-methyl/N-ethyl adjacent to an activating group) is 1. The molecule has 0 spiro atoms. The number of ether oxygens (including phenoxy) is 2. The topological polar surface area (TPSA) is 88.2 Å². The number of nitrogens with zero attached hydrogens (tertiary/aromatic N) is 2. The highest BCUT2D eigenvalue weighted by Crippen LogP contribution is 2.35. The first-order chi connectivity index (χ1) is 11.5. The number of benzene rings is 1. The van der Waals surface area contributed by atoms with Crippen LogP contribution in [0.25, 0.3) is 0 Å². The summed E-state index contributed by atoms with van der Waals surface area (Å²) < 4.78 is 10.7. The third-order valence-corrected chi connectivity index (χ3v) is 4.37. The van der Waals surface area contributed by atoms with Gasteiger partial charge in [0.25, 0.3) is 5.91 Å². The summed E-state index contributed by atoms with van der Waals surface area (Å²) in [4.78, 5) is 37.9. The number of carbonyl (C=O) groups is 3. The van der Waals surface area contributed by atoms with Crippen LogP contribution in [0.1, 0.15) is 0 Å². The zero-order valence-corrected chi connectivity index (χ0v) is 14.5. The van der Waals surface area contributed by atoms with Gasteiger partial charge in [-0.25, -0.2) is 4.79 Å². The van der Waals surface area contributed by atoms with Crippen molar-refractivity contribution in [3.8, 4) is 5.75 Å². The SMILES string of the molecule is CN1C(=O)COc2cc(N3C[C@H](CNC(=O)CBr)OC3=O)ccc21. The Hall–Kier alpha value is -2.29. The molecule has 9 heteroatoms. The van der Waals surface area contributed by atoms with Gasteiger partial charge in [-0.1, -0.05) is 15.9 Å². The standard InChI is InChI=1S/C15H16BrN3O5/c1-18-11-3-2-9(4-12(11)23-8-14(18)21)19-7-10(24-15(19)22)6-17-13(20)5-16/h2-4,10H,5-8H2,1H3,(H,17,20)/t10-/m0/s1. The highest BCUT2D eigenvalue weighted by atomic mass is 79.9. The van der Waals surface area contributed by atoms with E-state index in [1.165, 1.54) is 9.80 Å². The van der Waals surface area contributed by atoms with E-state index in [-0.39, 0.29) is 30.3 Å². The van der Waals surface area contributed by atoms with E-state index in [0.717, 1.165) is 0 Å². The van der Waals surface area contributed by atoms with Crippen LogP contribution in [-0.4, -0.2) is 56.1 Å². The van der Waals surface area contributed by atoms with Crippen molar-refractivity contribution < 1.29 is 23.9 Å². The van der Waals surface area contributed by atoms with Gasteiger partial charge in [0, 0.05) is 13.1 Å². The molecule has 1 saturated heterocycles. The molecule has 1 fully saturated rings. The Morgan fingerprint density at radius 3 is 2.96 bits per heavy atom. The molecule has 0 radical (unpaired) electrons. The molecule has 0 saturated carbocycles. The highest BCUT2D eigenvalue weighted by Gasteiger charge is 2.33. The molecular weight excluding hydrogens is 382 g/mol. The van der Waals surface area contributed by atoms with E-state index >= 15 is 0 Å². The van der Waals surface area contributed by atoms with Crippen molar-refractivity contribution in [3.63, 3.8) is 0 Å². The molecule has 0 aliphatic carbocycles. The summed E-state index contributed by atoms with van der Waals surface area (Å²) in [6.07, 6.45) is -0.894. The number of fused-ring (bicyclic) bond motifs is 1. The predicted octanol–water partition coefficient (Wildman–Crippen LogP) is 0.878. The van der Waals surface area contributed by atoms with Gasteiger partial charge in [0.2, 0.25) is 5.91 Å². The van der Waals surface area contributed by atoms with Gasteiger partial charge in [-0.3, -0.25) is 14.5 Å². The van der Waals surface area contributed by atoms with Crippen LogP contribution < -0.4 is 19.9 Å². The fraction of sp³-hybridized carbons (Fsp3) is 0.400. The number of amides is 3. The van der Waals surface area contributed by atoms with Crippen molar-refractivity contribution >= 4 is 45.2 Å². The van der Waals surface area contributed by atoms with Crippen molar-refractivity contribution in [2.75, 3.05) is 41.9 Å². The van der Waals surface area contributed by atoms with Crippen LogP contribution in [0.5, 0.6) is 5.75 Å². The molecule has 3 amide bonds. The molecule has 128 valence electrons. The Morgan fingerprint density at radius 2 is 2.21 bits per heavy atom. The molecule has 0 bridgehead atoms. The minimum Gasteiger partial charge on any atom is -0.481 e. The zero-order chi connectivity index (χ0) is 17.3. The van der Waals surface area contributed by atoms with Crippen LogP contribution in [0.4, 0.5) is 16.2 Å². The molecule has 2 aliphatic rings. The lowest BCUT2D eigenvalue weighted by molar-refractivity contribution is -0.121. The van der Waals surface area contributed by atoms with Crippen LogP contribution in [-0.2, 0) is 14.3 Å². The van der Waals surface area contributed by atoms with Gasteiger partial charge in [0.05, 0.1) is 29.8 Å². The molecule has 1 N–H and O–H groups in total. The van der Waals surface area contributed by atoms with Crippen LogP contribution in [0, 0.1) is 0 Å². The number of hydrogen-bond acceptors (Lipinski definition) is 5. The Kier molecular flexibility index (Phi) is 4.61. The molecule has 0 unspecified atom stereocenters. The monoisotopic (exact) mass is 397 g/mol. The van der Waals surface area contributed by atoms with E-state index in [9.17, 15) is 14.4 Å². The molecular formula is C15H16BrN3O5. The summed E-state index contributed by atoms with van der Waals surface area (Å²) in [6.45, 7) is 0.554. The third-order valence-electron chi connectivity index (χ3n) is 3.86.